The van der Waals surface area contributed by atoms with Gasteiger partial charge in [-0.1, -0.05) is 29.8 Å². The van der Waals surface area contributed by atoms with Crippen LogP contribution < -0.4 is 10.5 Å². The van der Waals surface area contributed by atoms with Gasteiger partial charge in [-0.15, -0.1) is 0 Å². The minimum Gasteiger partial charge on any atom is -0.496 e. The number of carbonyl (C=O) groups excluding carboxylic acids is 1. The Bertz CT molecular complexity index is 479. The van der Waals surface area contributed by atoms with Crippen LogP contribution in [0.3, 0.4) is 0 Å². The summed E-state index contributed by atoms with van der Waals surface area (Å²) < 4.78 is 6.33. The van der Waals surface area contributed by atoms with Crippen LogP contribution in [-0.4, -0.2) is 31.5 Å². The Kier molecular flexibility index (Phi) is 6.68. The van der Waals surface area contributed by atoms with Gasteiger partial charge in [0, 0.05) is 30.2 Å². The van der Waals surface area contributed by atoms with Crippen molar-refractivity contribution in [1.29, 1.82) is 0 Å². The van der Waals surface area contributed by atoms with Crippen LogP contribution >= 0.6 is 15.9 Å². The second-order valence-electron chi connectivity index (χ2n) is 5.31. The lowest BCUT2D eigenvalue weighted by molar-refractivity contribution is -0.141. The highest BCUT2D eigenvalue weighted by Gasteiger charge is 2.35. The molecule has 2 N–H and O–H groups in total. The van der Waals surface area contributed by atoms with Crippen LogP contribution in [0.15, 0.2) is 22.7 Å². The molecule has 0 saturated heterocycles. The summed E-state index contributed by atoms with van der Waals surface area (Å²) in [4.78, 5) is 14.5. The van der Waals surface area contributed by atoms with Gasteiger partial charge in [-0.2, -0.15) is 0 Å². The highest BCUT2D eigenvalue weighted by atomic mass is 79.9. The van der Waals surface area contributed by atoms with E-state index in [2.05, 4.69) is 15.9 Å². The van der Waals surface area contributed by atoms with Gasteiger partial charge in [0.2, 0.25) is 5.91 Å². The Hall–Kier alpha value is -1.07. The van der Waals surface area contributed by atoms with E-state index >= 15 is 0 Å². The number of nitrogens with two attached hydrogens (primary N) is 1. The van der Waals surface area contributed by atoms with E-state index in [1.807, 2.05) is 39.1 Å². The molecule has 1 rings (SSSR count). The average Bonchev–Trinajstić information content (AvgIpc) is 2.49. The molecule has 0 fully saturated rings. The number of hydrogen-bond acceptors (Lipinski definition) is 3. The number of rotatable bonds is 7. The molecule has 21 heavy (non-hydrogen) atoms. The van der Waals surface area contributed by atoms with Crippen LogP contribution in [0.5, 0.6) is 5.75 Å². The molecule has 0 unspecified atom stereocenters. The molecular weight excluding hydrogens is 332 g/mol. The molecule has 4 nitrogen and oxygen atoms in total. The van der Waals surface area contributed by atoms with Gasteiger partial charge in [-0.25, -0.2) is 0 Å². The maximum atomic E-state index is 12.7. The molecule has 0 spiro atoms. The van der Waals surface area contributed by atoms with Crippen molar-refractivity contribution in [3.8, 4) is 5.75 Å². The fraction of sp³-hybridized carbons (Fsp3) is 0.562. The number of nitrogens with zero attached hydrogens (tertiary/aromatic N) is 1. The predicted molar refractivity (Wildman–Crippen MR) is 89.2 cm³/mol. The van der Waals surface area contributed by atoms with E-state index in [-0.39, 0.29) is 5.91 Å². The van der Waals surface area contributed by atoms with Crippen LogP contribution in [-0.2, 0) is 11.3 Å². The summed E-state index contributed by atoms with van der Waals surface area (Å²) in [7, 11) is 3.45. The van der Waals surface area contributed by atoms with Crippen LogP contribution in [0.2, 0.25) is 0 Å². The van der Waals surface area contributed by atoms with Crippen LogP contribution in [0.4, 0.5) is 0 Å². The first-order valence-corrected chi connectivity index (χ1v) is 8.01. The number of ether oxygens (including phenoxy) is 1. The maximum Gasteiger partial charge on any atom is 0.230 e. The van der Waals surface area contributed by atoms with Crippen molar-refractivity contribution in [2.45, 2.75) is 33.2 Å². The molecule has 5 heteroatoms. The van der Waals surface area contributed by atoms with E-state index in [1.165, 1.54) is 0 Å². The average molecular weight is 357 g/mol. The third-order valence-corrected chi connectivity index (χ3v) is 4.69. The fourth-order valence-corrected chi connectivity index (χ4v) is 2.94. The van der Waals surface area contributed by atoms with E-state index in [1.54, 1.807) is 12.0 Å². The topological polar surface area (TPSA) is 55.6 Å². The van der Waals surface area contributed by atoms with Gasteiger partial charge < -0.3 is 15.4 Å². The lowest BCUT2D eigenvalue weighted by Crippen LogP contribution is -2.45. The van der Waals surface area contributed by atoms with Crippen LogP contribution in [0, 0.1) is 5.41 Å². The summed E-state index contributed by atoms with van der Waals surface area (Å²) in [5.41, 5.74) is 6.37. The van der Waals surface area contributed by atoms with Crippen molar-refractivity contribution in [2.24, 2.45) is 11.1 Å². The van der Waals surface area contributed by atoms with Crippen molar-refractivity contribution in [3.05, 3.63) is 28.2 Å². The summed E-state index contributed by atoms with van der Waals surface area (Å²) in [6.45, 7) is 4.91. The third-order valence-electron chi connectivity index (χ3n) is 4.19. The number of benzene rings is 1. The first-order valence-electron chi connectivity index (χ1n) is 7.22. The van der Waals surface area contributed by atoms with Gasteiger partial charge in [-0.05, 0) is 31.0 Å². The second kappa shape index (κ2) is 7.80. The first kappa shape index (κ1) is 18.0. The van der Waals surface area contributed by atoms with Crippen molar-refractivity contribution in [2.75, 3.05) is 20.7 Å². The molecule has 1 amide bonds. The Labute approximate surface area is 135 Å². The molecule has 118 valence electrons. The quantitative estimate of drug-likeness (QED) is 0.816. The molecule has 0 bridgehead atoms. The zero-order valence-electron chi connectivity index (χ0n) is 13.3. The Morgan fingerprint density at radius 2 is 2.00 bits per heavy atom. The van der Waals surface area contributed by atoms with Gasteiger partial charge in [0.1, 0.15) is 5.75 Å². The largest absolute Gasteiger partial charge is 0.496 e. The Morgan fingerprint density at radius 3 is 2.48 bits per heavy atom. The first-order chi connectivity index (χ1) is 9.93. The molecule has 0 aliphatic carbocycles. The van der Waals surface area contributed by atoms with Crippen LogP contribution in [0.1, 0.15) is 32.3 Å². The van der Waals surface area contributed by atoms with Crippen molar-refractivity contribution >= 4 is 21.8 Å². The zero-order valence-corrected chi connectivity index (χ0v) is 14.9. The molecule has 0 heterocycles. The number of methoxy groups -OCH3 is 1. The normalized spacial score (nSPS) is 11.3. The van der Waals surface area contributed by atoms with Gasteiger partial charge in [0.05, 0.1) is 12.5 Å². The molecule has 0 atom stereocenters. The molecule has 0 aliphatic heterocycles. The van der Waals surface area contributed by atoms with E-state index in [0.29, 0.717) is 13.1 Å². The van der Waals surface area contributed by atoms with Crippen LogP contribution in [0.25, 0.3) is 0 Å². The number of hydrogen-bond donors (Lipinski definition) is 1. The van der Waals surface area contributed by atoms with Gasteiger partial charge in [-0.3, -0.25) is 4.79 Å². The minimum absolute atomic E-state index is 0.0945. The van der Waals surface area contributed by atoms with Gasteiger partial charge >= 0.3 is 0 Å². The van der Waals surface area contributed by atoms with E-state index in [0.717, 1.165) is 28.6 Å². The SMILES string of the molecule is CCC(CC)(CN)C(=O)N(C)Cc1cc(Br)ccc1OC. The van der Waals surface area contributed by atoms with E-state index in [4.69, 9.17) is 10.5 Å². The smallest absolute Gasteiger partial charge is 0.230 e. The van der Waals surface area contributed by atoms with Crippen molar-refractivity contribution < 1.29 is 9.53 Å². The zero-order chi connectivity index (χ0) is 16.0. The molecule has 0 aliphatic rings. The fourth-order valence-electron chi connectivity index (χ4n) is 2.53. The molecule has 0 aromatic heterocycles. The highest BCUT2D eigenvalue weighted by molar-refractivity contribution is 9.10. The van der Waals surface area contributed by atoms with Gasteiger partial charge in [0.25, 0.3) is 0 Å². The lowest BCUT2D eigenvalue weighted by atomic mass is 9.81. The van der Waals surface area contributed by atoms with E-state index in [9.17, 15) is 4.79 Å². The molecule has 0 radical (unpaired) electrons. The maximum absolute atomic E-state index is 12.7. The summed E-state index contributed by atoms with van der Waals surface area (Å²) in [5, 5.41) is 0. The molecule has 0 saturated carbocycles. The predicted octanol–water partition coefficient (Wildman–Crippen LogP) is 3.18. The standard InChI is InChI=1S/C16H25BrN2O2/c1-5-16(6-2,11-18)15(20)19(3)10-12-9-13(17)7-8-14(12)21-4/h7-9H,5-6,10-11,18H2,1-4H3. The number of carbonyl (C=O) groups is 1. The summed E-state index contributed by atoms with van der Waals surface area (Å²) >= 11 is 3.45. The summed E-state index contributed by atoms with van der Waals surface area (Å²) in [6, 6.07) is 5.80. The van der Waals surface area contributed by atoms with Gasteiger partial charge in [0.15, 0.2) is 0 Å². The number of halogens is 1. The lowest BCUT2D eigenvalue weighted by Gasteiger charge is -2.33. The summed E-state index contributed by atoms with van der Waals surface area (Å²) in [6.07, 6.45) is 1.50. The Morgan fingerprint density at radius 1 is 1.38 bits per heavy atom. The monoisotopic (exact) mass is 356 g/mol. The Balaban J connectivity index is 2.97. The summed E-state index contributed by atoms with van der Waals surface area (Å²) in [5.74, 6) is 0.876. The van der Waals surface area contributed by atoms with E-state index < -0.39 is 5.41 Å². The van der Waals surface area contributed by atoms with Crippen molar-refractivity contribution in [3.63, 3.8) is 0 Å². The highest BCUT2D eigenvalue weighted by Crippen LogP contribution is 2.29. The van der Waals surface area contributed by atoms with Crippen molar-refractivity contribution in [1.82, 2.24) is 4.90 Å². The molecule has 1 aromatic carbocycles. The third kappa shape index (κ3) is 3.98. The number of amides is 1. The minimum atomic E-state index is -0.464. The molecule has 1 aromatic rings. The molecular formula is C16H25BrN2O2. The second-order valence-corrected chi connectivity index (χ2v) is 6.22.